The van der Waals surface area contributed by atoms with Gasteiger partial charge in [0, 0.05) is 0 Å². The average Bonchev–Trinajstić information content (AvgIpc) is 3.21. The molecular formula is C21H19F2HfP. The van der Waals surface area contributed by atoms with E-state index >= 15 is 0 Å². The summed E-state index contributed by atoms with van der Waals surface area (Å²) in [4.78, 5) is 0. The van der Waals surface area contributed by atoms with Crippen molar-refractivity contribution in [3.8, 4) is 0 Å². The molecule has 0 saturated carbocycles. The van der Waals surface area contributed by atoms with Gasteiger partial charge in [0.05, 0.1) is 0 Å². The molecule has 0 aliphatic heterocycles. The second-order valence-corrected chi connectivity index (χ2v) is 6.68. The Balaban J connectivity index is 0.000000630. The van der Waals surface area contributed by atoms with Crippen molar-refractivity contribution < 1.29 is 35.3 Å². The van der Waals surface area contributed by atoms with E-state index < -0.39 is 0 Å². The predicted octanol–water partition coefficient (Wildman–Crippen LogP) is -1.19. The Labute approximate surface area is 168 Å². The van der Waals surface area contributed by atoms with Gasteiger partial charge in [-0.05, 0) is 17.8 Å². The van der Waals surface area contributed by atoms with E-state index in [4.69, 9.17) is 0 Å². The molecule has 0 N–H and O–H groups in total. The first kappa shape index (κ1) is 23.7. The molecule has 0 heterocycles. The Morgan fingerprint density at radius 1 is 1.00 bits per heavy atom. The van der Waals surface area contributed by atoms with E-state index in [-0.39, 0.29) is 35.3 Å². The zero-order chi connectivity index (χ0) is 15.2. The van der Waals surface area contributed by atoms with Crippen molar-refractivity contribution in [2.45, 2.75) is 13.3 Å². The molecule has 0 saturated heterocycles. The van der Waals surface area contributed by atoms with Gasteiger partial charge < -0.3 is 9.41 Å². The maximum atomic E-state index is 2.99. The molecule has 0 bridgehead atoms. The number of benzene rings is 2. The van der Waals surface area contributed by atoms with Crippen LogP contribution in [0.3, 0.4) is 0 Å². The molecule has 0 nitrogen and oxygen atoms in total. The van der Waals surface area contributed by atoms with Crippen LogP contribution in [0.2, 0.25) is 0 Å². The largest absolute Gasteiger partial charge is 4.00 e. The Bertz CT molecular complexity index is 778. The second-order valence-electron chi connectivity index (χ2n) is 5.32. The molecule has 0 aromatic heterocycles. The zero-order valence-corrected chi connectivity index (χ0v) is 18.6. The molecule has 3 aromatic rings. The van der Waals surface area contributed by atoms with Crippen molar-refractivity contribution in [2.75, 3.05) is 0 Å². The summed E-state index contributed by atoms with van der Waals surface area (Å²) in [6, 6.07) is 21.8. The topological polar surface area (TPSA) is 0 Å². The van der Waals surface area contributed by atoms with Crippen LogP contribution in [0, 0.1) is 13.0 Å². The molecule has 1 aliphatic carbocycles. The number of hydrogen-bond acceptors (Lipinski definition) is 0. The van der Waals surface area contributed by atoms with E-state index in [1.807, 2.05) is 12.2 Å². The van der Waals surface area contributed by atoms with Gasteiger partial charge in [0.1, 0.15) is 0 Å². The minimum Gasteiger partial charge on any atom is -1.00 e. The summed E-state index contributed by atoms with van der Waals surface area (Å²) in [6.07, 6.45) is 10.0. The van der Waals surface area contributed by atoms with E-state index in [9.17, 15) is 0 Å². The number of halogens is 2. The van der Waals surface area contributed by atoms with Gasteiger partial charge in [0.15, 0.2) is 0 Å². The molecule has 126 valence electrons. The monoisotopic (exact) mass is 520 g/mol. The first-order chi connectivity index (χ1) is 10.8. The normalized spacial score (nSPS) is 11.4. The molecule has 0 amide bonds. The molecule has 4 rings (SSSR count). The van der Waals surface area contributed by atoms with Gasteiger partial charge in [-0.3, -0.25) is 6.08 Å². The van der Waals surface area contributed by atoms with E-state index in [1.165, 1.54) is 26.9 Å². The summed E-state index contributed by atoms with van der Waals surface area (Å²) < 4.78 is 0. The molecule has 0 fully saturated rings. The van der Waals surface area contributed by atoms with E-state index in [1.54, 1.807) is 0 Å². The molecule has 4 heteroatoms. The van der Waals surface area contributed by atoms with Gasteiger partial charge in [0.2, 0.25) is 0 Å². The minimum atomic E-state index is 0. The molecule has 1 unspecified atom stereocenters. The first-order valence-corrected chi connectivity index (χ1v) is 8.53. The number of fused-ring (bicyclic) bond motifs is 1. The van der Waals surface area contributed by atoms with Crippen LogP contribution in [-0.4, -0.2) is 0 Å². The van der Waals surface area contributed by atoms with Crippen LogP contribution in [0.5, 0.6) is 0 Å². The fourth-order valence-corrected chi connectivity index (χ4v) is 3.66. The molecule has 25 heavy (non-hydrogen) atoms. The van der Waals surface area contributed by atoms with Crippen molar-refractivity contribution in [3.05, 3.63) is 90.5 Å². The SMILES string of the molecule is Cc1ccccc1Pc1cc2ccccc2[cH-]1.[C-]1=CC=CC1.[F-].[F-].[Hf+4]. The molecule has 3 aromatic carbocycles. The van der Waals surface area contributed by atoms with Gasteiger partial charge in [-0.15, -0.1) is 46.8 Å². The van der Waals surface area contributed by atoms with E-state index in [0.717, 1.165) is 15.0 Å². The van der Waals surface area contributed by atoms with E-state index in [2.05, 4.69) is 79.7 Å². The number of allylic oxidation sites excluding steroid dienone is 4. The van der Waals surface area contributed by atoms with Crippen LogP contribution < -0.4 is 20.0 Å². The van der Waals surface area contributed by atoms with Crippen molar-refractivity contribution >= 4 is 30.0 Å². The van der Waals surface area contributed by atoms with Crippen molar-refractivity contribution in [1.29, 1.82) is 0 Å². The Kier molecular flexibility index (Phi) is 11.5. The quantitative estimate of drug-likeness (QED) is 0.227. The van der Waals surface area contributed by atoms with Gasteiger partial charge in [0.25, 0.3) is 0 Å². The van der Waals surface area contributed by atoms with Crippen LogP contribution in [0.15, 0.2) is 78.9 Å². The summed E-state index contributed by atoms with van der Waals surface area (Å²) in [5.41, 5.74) is 1.39. The fraction of sp³-hybridized carbons (Fsp3) is 0.0952. The standard InChI is InChI=1S/C16H14P.C5H5.2FH.Hf/c1-12-6-2-5-9-16(12)17-15-10-13-7-3-4-8-14(13)11-15;1-2-4-5-3-1;;;/h2-11,17H,1H3;1-3H,4H2;2*1H;/q2*-1;;;+4/p-2. The van der Waals surface area contributed by atoms with Gasteiger partial charge >= 0.3 is 25.8 Å². The second kappa shape index (κ2) is 12.1. The molecule has 0 radical (unpaired) electrons. The average molecular weight is 519 g/mol. The number of aryl methyl sites for hydroxylation is 1. The Morgan fingerprint density at radius 3 is 2.32 bits per heavy atom. The Hall–Kier alpha value is -1.31. The predicted molar refractivity (Wildman–Crippen MR) is 99.9 cm³/mol. The number of rotatable bonds is 2. The van der Waals surface area contributed by atoms with Crippen LogP contribution >= 0.6 is 8.58 Å². The summed E-state index contributed by atoms with van der Waals surface area (Å²) in [5.74, 6) is 0. The van der Waals surface area contributed by atoms with Crippen molar-refractivity contribution in [2.24, 2.45) is 0 Å². The zero-order valence-electron chi connectivity index (χ0n) is 14.0. The summed E-state index contributed by atoms with van der Waals surface area (Å²) in [7, 11) is 0.759. The summed E-state index contributed by atoms with van der Waals surface area (Å²) in [5, 5.41) is 5.58. The van der Waals surface area contributed by atoms with E-state index in [0.29, 0.717) is 0 Å². The van der Waals surface area contributed by atoms with Gasteiger partial charge in [-0.25, -0.2) is 12.2 Å². The molecule has 1 atom stereocenters. The summed E-state index contributed by atoms with van der Waals surface area (Å²) in [6.45, 7) is 2.19. The van der Waals surface area contributed by atoms with Crippen molar-refractivity contribution in [3.63, 3.8) is 0 Å². The third kappa shape index (κ3) is 6.84. The maximum absolute atomic E-state index is 2.99. The molecular weight excluding hydrogens is 500 g/mol. The van der Waals surface area contributed by atoms with Crippen molar-refractivity contribution in [1.82, 2.24) is 0 Å². The first-order valence-electron chi connectivity index (χ1n) is 7.53. The minimum absolute atomic E-state index is 0. The van der Waals surface area contributed by atoms with Gasteiger partial charge in [-0.2, -0.15) is 12.1 Å². The van der Waals surface area contributed by atoms with Crippen LogP contribution in [0.25, 0.3) is 10.8 Å². The smallest absolute Gasteiger partial charge is 1.00 e. The summed E-state index contributed by atoms with van der Waals surface area (Å²) >= 11 is 0. The van der Waals surface area contributed by atoms with Crippen LogP contribution in [-0.2, 0) is 25.8 Å². The van der Waals surface area contributed by atoms with Crippen LogP contribution in [0.1, 0.15) is 12.0 Å². The third-order valence-electron chi connectivity index (χ3n) is 3.63. The molecule has 1 aliphatic rings. The fourth-order valence-electron chi connectivity index (χ4n) is 2.43. The van der Waals surface area contributed by atoms with Crippen LogP contribution in [0.4, 0.5) is 0 Å². The molecule has 0 spiro atoms. The third-order valence-corrected chi connectivity index (χ3v) is 5.04. The number of hydrogen-bond donors (Lipinski definition) is 0. The Morgan fingerprint density at radius 2 is 1.72 bits per heavy atom. The van der Waals surface area contributed by atoms with Gasteiger partial charge in [-0.1, -0.05) is 38.9 Å². The maximum Gasteiger partial charge on any atom is 4.00 e.